The average Bonchev–Trinajstić information content (AvgIpc) is 3.39. The molecular weight excluding hydrogens is 442 g/mol. The second-order valence-corrected chi connectivity index (χ2v) is 8.42. The number of amides is 1. The van der Waals surface area contributed by atoms with E-state index in [1.165, 1.54) is 10.5 Å². The van der Waals surface area contributed by atoms with E-state index in [-0.39, 0.29) is 16.6 Å². The van der Waals surface area contributed by atoms with Gasteiger partial charge in [0.2, 0.25) is 0 Å². The minimum Gasteiger partial charge on any atom is -0.348 e. The Bertz CT molecular complexity index is 1630. The average molecular weight is 468 g/mol. The van der Waals surface area contributed by atoms with Crippen LogP contribution in [0.4, 0.5) is 0 Å². The fraction of sp³-hybridized carbons (Fsp3) is 0.192. The molecule has 4 aromatic heterocycles. The normalized spacial score (nSPS) is 11.2. The van der Waals surface area contributed by atoms with Gasteiger partial charge in [-0.05, 0) is 36.6 Å². The molecule has 0 fully saturated rings. The monoisotopic (exact) mass is 467 g/mol. The van der Waals surface area contributed by atoms with Crippen LogP contribution in [0.3, 0.4) is 0 Å². The fourth-order valence-corrected chi connectivity index (χ4v) is 4.19. The zero-order valence-corrected chi connectivity index (χ0v) is 19.3. The van der Waals surface area contributed by atoms with Crippen molar-refractivity contribution < 1.29 is 4.79 Å². The first-order valence-corrected chi connectivity index (χ1v) is 11.4. The largest absolute Gasteiger partial charge is 0.348 e. The molecule has 0 radical (unpaired) electrons. The molecule has 0 spiro atoms. The van der Waals surface area contributed by atoms with Crippen LogP contribution in [0.25, 0.3) is 16.7 Å². The molecule has 0 aliphatic heterocycles. The van der Waals surface area contributed by atoms with Crippen molar-refractivity contribution in [2.24, 2.45) is 0 Å². The van der Waals surface area contributed by atoms with Crippen molar-refractivity contribution in [2.45, 2.75) is 33.0 Å². The third-order valence-electron chi connectivity index (χ3n) is 6.03. The first-order chi connectivity index (χ1) is 17.0. The van der Waals surface area contributed by atoms with Crippen LogP contribution in [0.2, 0.25) is 0 Å². The van der Waals surface area contributed by atoms with Gasteiger partial charge in [0.25, 0.3) is 11.5 Å². The Morgan fingerprint density at radius 1 is 1.06 bits per heavy atom. The van der Waals surface area contributed by atoms with Crippen molar-refractivity contribution in [3.63, 3.8) is 0 Å². The van der Waals surface area contributed by atoms with Gasteiger partial charge in [0.05, 0.1) is 17.3 Å². The third-order valence-corrected chi connectivity index (χ3v) is 6.03. The van der Waals surface area contributed by atoms with Gasteiger partial charge < -0.3 is 14.5 Å². The molecule has 0 aliphatic rings. The van der Waals surface area contributed by atoms with Crippen LogP contribution in [-0.4, -0.2) is 29.4 Å². The molecule has 0 saturated carbocycles. The molecule has 0 aliphatic carbocycles. The second kappa shape index (κ2) is 9.38. The molecule has 1 aromatic carbocycles. The van der Waals surface area contributed by atoms with Crippen molar-refractivity contribution in [1.82, 2.24) is 28.8 Å². The van der Waals surface area contributed by atoms with Crippen LogP contribution in [0.15, 0.2) is 78.2 Å². The van der Waals surface area contributed by atoms with Gasteiger partial charge in [-0.2, -0.15) is 0 Å². The lowest BCUT2D eigenvalue weighted by Gasteiger charge is -2.15. The predicted octanol–water partition coefficient (Wildman–Crippen LogP) is 2.65. The predicted molar refractivity (Wildman–Crippen MR) is 132 cm³/mol. The summed E-state index contributed by atoms with van der Waals surface area (Å²) in [5.74, 6) is -0.405. The zero-order chi connectivity index (χ0) is 24.4. The molecule has 2 N–H and O–H groups in total. The first-order valence-electron chi connectivity index (χ1n) is 11.4. The van der Waals surface area contributed by atoms with Crippen molar-refractivity contribution in [3.8, 4) is 0 Å². The van der Waals surface area contributed by atoms with Crippen LogP contribution in [0.1, 0.15) is 27.9 Å². The van der Waals surface area contributed by atoms with Gasteiger partial charge in [-0.25, -0.2) is 9.97 Å². The number of hydrogen-bond acceptors (Lipinski definition) is 5. The lowest BCUT2D eigenvalue weighted by Crippen LogP contribution is -2.35. The van der Waals surface area contributed by atoms with Crippen LogP contribution in [0, 0.1) is 12.3 Å². The Hall–Kier alpha value is -4.53. The fourth-order valence-electron chi connectivity index (χ4n) is 4.19. The molecule has 0 saturated heterocycles. The summed E-state index contributed by atoms with van der Waals surface area (Å²) in [6, 6.07) is 14.7. The minimum atomic E-state index is -0.405. The number of hydrogen-bond donors (Lipinski definition) is 2. The molecule has 0 atom stereocenters. The Labute approximate surface area is 200 Å². The molecule has 4 heterocycles. The molecular formula is C26H25N7O2. The SMILES string of the molecule is Cc1cccn2c(=O)c3cc(C(=O)NCc4ccccc4)c(=N)n(CCCn4ccnc4)c3nc12. The number of imidazole rings is 1. The number of rotatable bonds is 7. The Kier molecular flexibility index (Phi) is 5.97. The van der Waals surface area contributed by atoms with E-state index in [9.17, 15) is 9.59 Å². The highest BCUT2D eigenvalue weighted by Crippen LogP contribution is 2.13. The van der Waals surface area contributed by atoms with Crippen molar-refractivity contribution in [2.75, 3.05) is 0 Å². The van der Waals surface area contributed by atoms with Gasteiger partial charge in [-0.3, -0.25) is 19.4 Å². The molecule has 0 bridgehead atoms. The smallest absolute Gasteiger partial charge is 0.267 e. The minimum absolute atomic E-state index is 0.0264. The summed E-state index contributed by atoms with van der Waals surface area (Å²) in [6.45, 7) is 3.32. The van der Waals surface area contributed by atoms with E-state index in [1.807, 2.05) is 54.1 Å². The lowest BCUT2D eigenvalue weighted by atomic mass is 10.1. The van der Waals surface area contributed by atoms with E-state index in [4.69, 9.17) is 10.4 Å². The second-order valence-electron chi connectivity index (χ2n) is 8.42. The highest BCUT2D eigenvalue weighted by Gasteiger charge is 2.18. The van der Waals surface area contributed by atoms with E-state index in [1.54, 1.807) is 29.4 Å². The number of carbonyl (C=O) groups excluding carboxylic acids is 1. The maximum atomic E-state index is 13.4. The summed E-state index contributed by atoms with van der Waals surface area (Å²) in [6.07, 6.45) is 7.67. The topological polar surface area (TPSA) is 110 Å². The van der Waals surface area contributed by atoms with E-state index in [0.29, 0.717) is 42.7 Å². The maximum absolute atomic E-state index is 13.4. The van der Waals surface area contributed by atoms with E-state index >= 15 is 0 Å². The molecule has 0 unspecified atom stereocenters. The number of aromatic nitrogens is 5. The summed E-state index contributed by atoms with van der Waals surface area (Å²) >= 11 is 0. The molecule has 35 heavy (non-hydrogen) atoms. The van der Waals surface area contributed by atoms with E-state index < -0.39 is 5.91 Å². The number of pyridine rings is 2. The maximum Gasteiger partial charge on any atom is 0.267 e. The summed E-state index contributed by atoms with van der Waals surface area (Å²) in [7, 11) is 0. The summed E-state index contributed by atoms with van der Waals surface area (Å²) < 4.78 is 5.10. The highest BCUT2D eigenvalue weighted by atomic mass is 16.1. The van der Waals surface area contributed by atoms with E-state index in [0.717, 1.165) is 11.1 Å². The van der Waals surface area contributed by atoms with Gasteiger partial charge in [-0.15, -0.1) is 0 Å². The Morgan fingerprint density at radius 2 is 1.89 bits per heavy atom. The third kappa shape index (κ3) is 4.35. The molecule has 176 valence electrons. The zero-order valence-electron chi connectivity index (χ0n) is 19.3. The molecule has 5 aromatic rings. The lowest BCUT2D eigenvalue weighted by molar-refractivity contribution is 0.0948. The summed E-state index contributed by atoms with van der Waals surface area (Å²) in [5.41, 5.74) is 2.64. The number of fused-ring (bicyclic) bond motifs is 2. The summed E-state index contributed by atoms with van der Waals surface area (Å²) in [4.78, 5) is 35.4. The molecule has 9 nitrogen and oxygen atoms in total. The summed E-state index contributed by atoms with van der Waals surface area (Å²) in [5, 5.41) is 12.0. The number of carbonyl (C=O) groups is 1. The highest BCUT2D eigenvalue weighted by molar-refractivity contribution is 5.96. The number of aryl methyl sites for hydroxylation is 3. The number of benzene rings is 1. The van der Waals surface area contributed by atoms with Crippen LogP contribution < -0.4 is 16.4 Å². The Morgan fingerprint density at radius 3 is 2.66 bits per heavy atom. The number of nitrogens with zero attached hydrogens (tertiary/aromatic N) is 5. The van der Waals surface area contributed by atoms with Crippen LogP contribution in [0.5, 0.6) is 0 Å². The van der Waals surface area contributed by atoms with Gasteiger partial charge in [-0.1, -0.05) is 36.4 Å². The molecule has 9 heteroatoms. The standard InChI is InChI=1S/C26H25N7O2/c1-18-7-5-12-33-23(18)30-24-21(26(33)35)15-20(25(34)29-16-19-8-3-2-4-9-19)22(27)32(24)13-6-11-31-14-10-28-17-31/h2-5,7-10,12,14-15,17,27H,6,11,13,16H2,1H3,(H,29,34). The van der Waals surface area contributed by atoms with Crippen molar-refractivity contribution >= 4 is 22.6 Å². The van der Waals surface area contributed by atoms with Crippen molar-refractivity contribution in [3.05, 3.63) is 106 Å². The Balaban J connectivity index is 1.60. The van der Waals surface area contributed by atoms with Gasteiger partial charge in [0, 0.05) is 38.2 Å². The van der Waals surface area contributed by atoms with Gasteiger partial charge in [0.1, 0.15) is 16.8 Å². The first kappa shape index (κ1) is 22.3. The molecule has 5 rings (SSSR count). The van der Waals surface area contributed by atoms with Crippen LogP contribution >= 0.6 is 0 Å². The van der Waals surface area contributed by atoms with Crippen molar-refractivity contribution in [1.29, 1.82) is 5.41 Å². The van der Waals surface area contributed by atoms with Gasteiger partial charge >= 0.3 is 0 Å². The number of nitrogens with one attached hydrogen (secondary N) is 2. The quantitative estimate of drug-likeness (QED) is 0.359. The van der Waals surface area contributed by atoms with Gasteiger partial charge in [0.15, 0.2) is 0 Å². The van der Waals surface area contributed by atoms with E-state index in [2.05, 4.69) is 10.3 Å². The van der Waals surface area contributed by atoms with Crippen LogP contribution in [-0.2, 0) is 19.6 Å². The molecule has 1 amide bonds.